The van der Waals surface area contributed by atoms with Crippen LogP contribution in [-0.2, 0) is 15.6 Å². The van der Waals surface area contributed by atoms with Gasteiger partial charge >= 0.3 is 0 Å². The van der Waals surface area contributed by atoms with Gasteiger partial charge in [0.05, 0.1) is 28.3 Å². The third kappa shape index (κ3) is 3.46. The van der Waals surface area contributed by atoms with E-state index < -0.39 is 21.7 Å². The molecule has 0 radical (unpaired) electrons. The maximum Gasteiger partial charge on any atom is 0.261 e. The van der Waals surface area contributed by atoms with Gasteiger partial charge < -0.3 is 4.42 Å². The Morgan fingerprint density at radius 2 is 1.50 bits per heavy atom. The third-order valence-electron chi connectivity index (χ3n) is 4.44. The molecule has 0 unspecified atom stereocenters. The first-order chi connectivity index (χ1) is 13.4. The molecular formula is C20H16N2O5S. The van der Waals surface area contributed by atoms with Crippen LogP contribution in [0.25, 0.3) is 11.5 Å². The summed E-state index contributed by atoms with van der Waals surface area (Å²) in [6, 6.07) is 15.6. The number of carbonyl (C=O) groups is 2. The zero-order chi connectivity index (χ0) is 19.7. The number of nitrogens with zero attached hydrogens (tertiary/aromatic N) is 2. The van der Waals surface area contributed by atoms with Crippen molar-refractivity contribution in [2.24, 2.45) is 0 Å². The second-order valence-electron chi connectivity index (χ2n) is 6.41. The molecule has 8 heteroatoms. The Bertz CT molecular complexity index is 1120. The molecule has 0 bridgehead atoms. The first-order valence-corrected chi connectivity index (χ1v) is 10.4. The SMILES string of the molecule is O=C1c2ccccc2C(=O)N1CCS(=O)(=O)Cc1coc(-c2ccccc2)n1. The molecule has 2 amide bonds. The van der Waals surface area contributed by atoms with E-state index in [2.05, 4.69) is 4.98 Å². The van der Waals surface area contributed by atoms with Crippen LogP contribution in [0, 0.1) is 0 Å². The summed E-state index contributed by atoms with van der Waals surface area (Å²) in [5.41, 5.74) is 1.63. The van der Waals surface area contributed by atoms with Crippen LogP contribution >= 0.6 is 0 Å². The average molecular weight is 396 g/mol. The molecule has 0 aliphatic carbocycles. The number of sulfone groups is 1. The van der Waals surface area contributed by atoms with Crippen molar-refractivity contribution >= 4 is 21.7 Å². The van der Waals surface area contributed by atoms with Gasteiger partial charge in [-0.3, -0.25) is 14.5 Å². The minimum Gasteiger partial charge on any atom is -0.444 e. The number of benzene rings is 2. The van der Waals surface area contributed by atoms with Crippen LogP contribution in [0.1, 0.15) is 26.4 Å². The van der Waals surface area contributed by atoms with Gasteiger partial charge in [-0.2, -0.15) is 0 Å². The first kappa shape index (κ1) is 18.1. The van der Waals surface area contributed by atoms with Crippen LogP contribution < -0.4 is 0 Å². The molecule has 0 atom stereocenters. The number of rotatable bonds is 6. The number of hydrogen-bond acceptors (Lipinski definition) is 6. The lowest BCUT2D eigenvalue weighted by Gasteiger charge is -2.13. The Hall–Kier alpha value is -3.26. The van der Waals surface area contributed by atoms with Crippen LogP contribution in [0.5, 0.6) is 0 Å². The molecule has 0 N–H and O–H groups in total. The van der Waals surface area contributed by atoms with Gasteiger partial charge in [-0.15, -0.1) is 0 Å². The van der Waals surface area contributed by atoms with Gasteiger partial charge in [-0.1, -0.05) is 30.3 Å². The molecule has 1 aromatic heterocycles. The molecule has 2 aromatic carbocycles. The Morgan fingerprint density at radius 3 is 2.14 bits per heavy atom. The lowest BCUT2D eigenvalue weighted by atomic mass is 10.1. The number of oxazole rings is 1. The Labute approximate surface area is 161 Å². The molecule has 1 aliphatic rings. The zero-order valence-corrected chi connectivity index (χ0v) is 15.6. The van der Waals surface area contributed by atoms with E-state index >= 15 is 0 Å². The van der Waals surface area contributed by atoms with E-state index in [-0.39, 0.29) is 23.7 Å². The van der Waals surface area contributed by atoms with E-state index in [4.69, 9.17) is 4.42 Å². The highest BCUT2D eigenvalue weighted by molar-refractivity contribution is 7.90. The molecule has 0 spiro atoms. The van der Waals surface area contributed by atoms with Gasteiger partial charge in [0, 0.05) is 12.1 Å². The van der Waals surface area contributed by atoms with Crippen molar-refractivity contribution in [3.8, 4) is 11.5 Å². The largest absolute Gasteiger partial charge is 0.444 e. The Balaban J connectivity index is 1.43. The van der Waals surface area contributed by atoms with Gasteiger partial charge in [0.25, 0.3) is 11.8 Å². The van der Waals surface area contributed by atoms with Crippen molar-refractivity contribution in [2.45, 2.75) is 5.75 Å². The minimum absolute atomic E-state index is 0.196. The summed E-state index contributed by atoms with van der Waals surface area (Å²) in [4.78, 5) is 29.8. The number of aromatic nitrogens is 1. The summed E-state index contributed by atoms with van der Waals surface area (Å²) >= 11 is 0. The van der Waals surface area contributed by atoms with E-state index in [1.165, 1.54) is 6.26 Å². The van der Waals surface area contributed by atoms with Gasteiger partial charge in [-0.25, -0.2) is 13.4 Å². The number of imide groups is 1. The molecule has 1 aliphatic heterocycles. The molecule has 3 aromatic rings. The van der Waals surface area contributed by atoms with Crippen LogP contribution in [0.3, 0.4) is 0 Å². The molecule has 0 fully saturated rings. The summed E-state index contributed by atoms with van der Waals surface area (Å²) in [5, 5.41) is 0. The Kier molecular flexibility index (Phi) is 4.56. The standard InChI is InChI=1S/C20H16N2O5S/c23-19-16-8-4-5-9-17(16)20(24)22(19)10-11-28(25,26)13-15-12-27-18(21-15)14-6-2-1-3-7-14/h1-9,12H,10-11,13H2. The van der Waals surface area contributed by atoms with Gasteiger partial charge in [0.2, 0.25) is 5.89 Å². The maximum absolute atomic E-state index is 12.5. The topological polar surface area (TPSA) is 97.6 Å². The van der Waals surface area contributed by atoms with Crippen LogP contribution in [0.4, 0.5) is 0 Å². The minimum atomic E-state index is -3.59. The molecule has 28 heavy (non-hydrogen) atoms. The highest BCUT2D eigenvalue weighted by Crippen LogP contribution is 2.23. The fourth-order valence-electron chi connectivity index (χ4n) is 3.06. The van der Waals surface area contributed by atoms with Crippen LogP contribution in [0.15, 0.2) is 65.3 Å². The zero-order valence-electron chi connectivity index (χ0n) is 14.7. The molecular weight excluding hydrogens is 380 g/mol. The Morgan fingerprint density at radius 1 is 0.893 bits per heavy atom. The highest BCUT2D eigenvalue weighted by Gasteiger charge is 2.35. The number of amides is 2. The van der Waals surface area contributed by atoms with E-state index in [9.17, 15) is 18.0 Å². The van der Waals surface area contributed by atoms with Gasteiger partial charge in [0.1, 0.15) is 6.26 Å². The van der Waals surface area contributed by atoms with Crippen LogP contribution in [0.2, 0.25) is 0 Å². The van der Waals surface area contributed by atoms with E-state index in [1.54, 1.807) is 24.3 Å². The van der Waals surface area contributed by atoms with Crippen molar-refractivity contribution in [3.05, 3.63) is 77.7 Å². The van der Waals surface area contributed by atoms with Crippen molar-refractivity contribution in [2.75, 3.05) is 12.3 Å². The van der Waals surface area contributed by atoms with E-state index in [0.29, 0.717) is 17.0 Å². The second kappa shape index (κ2) is 7.05. The van der Waals surface area contributed by atoms with E-state index in [1.807, 2.05) is 30.3 Å². The number of carbonyl (C=O) groups excluding carboxylic acids is 2. The summed E-state index contributed by atoms with van der Waals surface area (Å²) in [6.07, 6.45) is 1.31. The van der Waals surface area contributed by atoms with Crippen molar-refractivity contribution in [1.29, 1.82) is 0 Å². The van der Waals surface area contributed by atoms with Gasteiger partial charge in [-0.05, 0) is 24.3 Å². The molecule has 4 rings (SSSR count). The third-order valence-corrected chi connectivity index (χ3v) is 5.98. The predicted octanol–water partition coefficient (Wildman–Crippen LogP) is 2.55. The summed E-state index contributed by atoms with van der Waals surface area (Å²) in [7, 11) is -3.59. The van der Waals surface area contributed by atoms with E-state index in [0.717, 1.165) is 10.5 Å². The molecule has 142 valence electrons. The predicted molar refractivity (Wildman–Crippen MR) is 101 cm³/mol. The fourth-order valence-corrected chi connectivity index (χ4v) is 4.24. The maximum atomic E-state index is 12.5. The smallest absolute Gasteiger partial charge is 0.261 e. The van der Waals surface area contributed by atoms with Crippen molar-refractivity contribution in [1.82, 2.24) is 9.88 Å². The molecule has 7 nitrogen and oxygen atoms in total. The number of fused-ring (bicyclic) bond motifs is 1. The summed E-state index contributed by atoms with van der Waals surface area (Å²) < 4.78 is 30.3. The monoisotopic (exact) mass is 396 g/mol. The lowest BCUT2D eigenvalue weighted by molar-refractivity contribution is 0.0664. The lowest BCUT2D eigenvalue weighted by Crippen LogP contribution is -2.34. The molecule has 0 saturated heterocycles. The van der Waals surface area contributed by atoms with Crippen molar-refractivity contribution < 1.29 is 22.4 Å². The summed E-state index contributed by atoms with van der Waals surface area (Å²) in [5.74, 6) is -1.27. The average Bonchev–Trinajstić information content (AvgIpc) is 3.24. The second-order valence-corrected chi connectivity index (χ2v) is 8.59. The first-order valence-electron chi connectivity index (χ1n) is 8.60. The summed E-state index contributed by atoms with van der Waals surface area (Å²) in [6.45, 7) is -0.196. The highest BCUT2D eigenvalue weighted by atomic mass is 32.2. The fraction of sp³-hybridized carbons (Fsp3) is 0.150. The quantitative estimate of drug-likeness (QED) is 0.594. The number of hydrogen-bond donors (Lipinski definition) is 0. The van der Waals surface area contributed by atoms with Crippen LogP contribution in [-0.4, -0.2) is 42.4 Å². The molecule has 0 saturated carbocycles. The van der Waals surface area contributed by atoms with Gasteiger partial charge in [0.15, 0.2) is 9.84 Å². The normalized spacial score (nSPS) is 13.8. The van der Waals surface area contributed by atoms with Crippen molar-refractivity contribution in [3.63, 3.8) is 0 Å². The molecule has 2 heterocycles.